The summed E-state index contributed by atoms with van der Waals surface area (Å²) < 4.78 is 11.4. The molecule has 146 valence electrons. The maximum atomic E-state index is 6.01. The summed E-state index contributed by atoms with van der Waals surface area (Å²) in [6.07, 6.45) is 2.34. The van der Waals surface area contributed by atoms with Crippen LogP contribution in [-0.4, -0.2) is 24.3 Å². The minimum Gasteiger partial charge on any atom is -0.381 e. The van der Waals surface area contributed by atoms with Crippen molar-refractivity contribution in [3.8, 4) is 0 Å². The molecule has 0 amide bonds. The molecule has 0 unspecified atom stereocenters. The van der Waals surface area contributed by atoms with E-state index in [0.29, 0.717) is 12.7 Å². The first kappa shape index (κ1) is 18.9. The molecule has 0 bridgehead atoms. The zero-order valence-electron chi connectivity index (χ0n) is 16.7. The molecule has 0 radical (unpaired) electrons. The van der Waals surface area contributed by atoms with E-state index in [-0.39, 0.29) is 0 Å². The molecule has 1 aromatic heterocycles. The molecule has 3 aromatic rings. The topological polar surface area (TPSA) is 43.4 Å². The van der Waals surface area contributed by atoms with Gasteiger partial charge in [0.15, 0.2) is 0 Å². The number of benzene rings is 2. The number of anilines is 1. The van der Waals surface area contributed by atoms with Crippen molar-refractivity contribution >= 4 is 16.6 Å². The molecular formula is C24H28N2O2. The molecular weight excluding hydrogens is 348 g/mol. The van der Waals surface area contributed by atoms with Crippen LogP contribution in [0, 0.1) is 13.8 Å². The molecule has 2 heterocycles. The number of para-hydroxylation sites is 1. The van der Waals surface area contributed by atoms with E-state index in [1.807, 2.05) is 6.07 Å². The number of aromatic nitrogens is 1. The normalized spacial score (nSPS) is 15.1. The number of fused-ring (bicyclic) bond motifs is 1. The zero-order valence-corrected chi connectivity index (χ0v) is 16.7. The summed E-state index contributed by atoms with van der Waals surface area (Å²) in [6, 6.07) is 17.0. The van der Waals surface area contributed by atoms with Crippen molar-refractivity contribution in [1.29, 1.82) is 0 Å². The molecule has 2 aromatic carbocycles. The fourth-order valence-corrected chi connectivity index (χ4v) is 3.66. The van der Waals surface area contributed by atoms with Crippen molar-refractivity contribution in [3.05, 3.63) is 70.9 Å². The van der Waals surface area contributed by atoms with Gasteiger partial charge in [0.1, 0.15) is 0 Å². The second kappa shape index (κ2) is 8.72. The van der Waals surface area contributed by atoms with Crippen molar-refractivity contribution < 1.29 is 9.47 Å². The van der Waals surface area contributed by atoms with E-state index < -0.39 is 0 Å². The number of ether oxygens (including phenoxy) is 2. The number of aryl methyl sites for hydroxylation is 1. The summed E-state index contributed by atoms with van der Waals surface area (Å²) >= 11 is 0. The van der Waals surface area contributed by atoms with E-state index in [9.17, 15) is 0 Å². The van der Waals surface area contributed by atoms with Crippen LogP contribution in [0.1, 0.15) is 35.2 Å². The summed E-state index contributed by atoms with van der Waals surface area (Å²) in [7, 11) is 0. The van der Waals surface area contributed by atoms with E-state index in [1.54, 1.807) is 0 Å². The first-order chi connectivity index (χ1) is 13.7. The Balaban J connectivity index is 1.40. The number of rotatable bonds is 6. The summed E-state index contributed by atoms with van der Waals surface area (Å²) in [5.41, 5.74) is 6.97. The minimum atomic E-state index is 0.335. The molecule has 28 heavy (non-hydrogen) atoms. The summed E-state index contributed by atoms with van der Waals surface area (Å²) in [6.45, 7) is 7.30. The van der Waals surface area contributed by atoms with Gasteiger partial charge in [-0.25, -0.2) is 0 Å². The van der Waals surface area contributed by atoms with Gasteiger partial charge in [-0.1, -0.05) is 42.5 Å². The van der Waals surface area contributed by atoms with Gasteiger partial charge >= 0.3 is 0 Å². The van der Waals surface area contributed by atoms with Crippen LogP contribution in [0.4, 0.5) is 5.69 Å². The van der Waals surface area contributed by atoms with Crippen LogP contribution in [0.5, 0.6) is 0 Å². The maximum Gasteiger partial charge on any atom is 0.0726 e. The van der Waals surface area contributed by atoms with Gasteiger partial charge in [0.2, 0.25) is 0 Å². The highest BCUT2D eigenvalue weighted by Crippen LogP contribution is 2.28. The largest absolute Gasteiger partial charge is 0.381 e. The molecule has 1 N–H and O–H groups in total. The molecule has 4 rings (SSSR count). The smallest absolute Gasteiger partial charge is 0.0726 e. The Labute approximate surface area is 166 Å². The Bertz CT molecular complexity index is 931. The van der Waals surface area contributed by atoms with Crippen LogP contribution >= 0.6 is 0 Å². The Kier molecular flexibility index (Phi) is 5.89. The number of hydrogen-bond donors (Lipinski definition) is 1. The van der Waals surface area contributed by atoms with E-state index >= 15 is 0 Å². The van der Waals surface area contributed by atoms with Crippen LogP contribution in [0.15, 0.2) is 48.5 Å². The van der Waals surface area contributed by atoms with Gasteiger partial charge in [-0.2, -0.15) is 0 Å². The van der Waals surface area contributed by atoms with Gasteiger partial charge < -0.3 is 14.8 Å². The maximum absolute atomic E-state index is 6.01. The molecule has 0 atom stereocenters. The first-order valence-corrected chi connectivity index (χ1v) is 10.1. The van der Waals surface area contributed by atoms with E-state index in [2.05, 4.69) is 61.6 Å². The van der Waals surface area contributed by atoms with Crippen molar-refractivity contribution in [2.24, 2.45) is 0 Å². The highest BCUT2D eigenvalue weighted by molar-refractivity contribution is 5.93. The van der Waals surface area contributed by atoms with Crippen LogP contribution < -0.4 is 5.32 Å². The van der Waals surface area contributed by atoms with Crippen LogP contribution in [0.2, 0.25) is 0 Å². The fraction of sp³-hybridized carbons (Fsp3) is 0.375. The molecule has 0 saturated carbocycles. The number of nitrogens with zero attached hydrogens (tertiary/aromatic N) is 1. The molecule has 1 aliphatic rings. The highest BCUT2D eigenvalue weighted by atomic mass is 16.5. The average molecular weight is 377 g/mol. The SMILES string of the molecule is Cc1nc2ccccc2c(NCc2ccc(COC3CCOCC3)cc2)c1C. The third kappa shape index (κ3) is 4.34. The monoisotopic (exact) mass is 376 g/mol. The minimum absolute atomic E-state index is 0.335. The Morgan fingerprint density at radius 3 is 2.50 bits per heavy atom. The molecule has 1 aliphatic heterocycles. The van der Waals surface area contributed by atoms with E-state index in [4.69, 9.17) is 14.5 Å². The lowest BCUT2D eigenvalue weighted by Crippen LogP contribution is -2.23. The Morgan fingerprint density at radius 2 is 1.71 bits per heavy atom. The molecule has 0 spiro atoms. The quantitative estimate of drug-likeness (QED) is 0.645. The van der Waals surface area contributed by atoms with Crippen LogP contribution in [0.25, 0.3) is 10.9 Å². The second-order valence-electron chi connectivity index (χ2n) is 7.51. The predicted molar refractivity (Wildman–Crippen MR) is 114 cm³/mol. The van der Waals surface area contributed by atoms with Gasteiger partial charge in [-0.05, 0) is 49.4 Å². The number of hydrogen-bond acceptors (Lipinski definition) is 4. The van der Waals surface area contributed by atoms with E-state index in [0.717, 1.165) is 43.8 Å². The Hall–Kier alpha value is -2.43. The van der Waals surface area contributed by atoms with Gasteiger partial charge in [0.25, 0.3) is 0 Å². The van der Waals surface area contributed by atoms with Crippen molar-refractivity contribution in [1.82, 2.24) is 4.98 Å². The predicted octanol–water partition coefficient (Wildman–Crippen LogP) is 5.16. The lowest BCUT2D eigenvalue weighted by Gasteiger charge is -2.22. The van der Waals surface area contributed by atoms with Gasteiger partial charge in [-0.3, -0.25) is 4.98 Å². The lowest BCUT2D eigenvalue weighted by molar-refractivity contribution is -0.0390. The molecule has 1 fully saturated rings. The van der Waals surface area contributed by atoms with Gasteiger partial charge in [0, 0.05) is 36.5 Å². The molecule has 0 aliphatic carbocycles. The number of nitrogens with one attached hydrogen (secondary N) is 1. The van der Waals surface area contributed by atoms with Gasteiger partial charge in [0.05, 0.1) is 18.2 Å². The average Bonchev–Trinajstić information content (AvgIpc) is 2.74. The van der Waals surface area contributed by atoms with Crippen LogP contribution in [-0.2, 0) is 22.6 Å². The Morgan fingerprint density at radius 1 is 1.00 bits per heavy atom. The lowest BCUT2D eigenvalue weighted by atomic mass is 10.1. The van der Waals surface area contributed by atoms with Gasteiger partial charge in [-0.15, -0.1) is 0 Å². The molecule has 4 nitrogen and oxygen atoms in total. The summed E-state index contributed by atoms with van der Waals surface area (Å²) in [4.78, 5) is 4.70. The molecule has 4 heteroatoms. The second-order valence-corrected chi connectivity index (χ2v) is 7.51. The third-order valence-electron chi connectivity index (χ3n) is 5.53. The first-order valence-electron chi connectivity index (χ1n) is 10.1. The third-order valence-corrected chi connectivity index (χ3v) is 5.53. The van der Waals surface area contributed by atoms with Crippen molar-refractivity contribution in [2.75, 3.05) is 18.5 Å². The standard InChI is InChI=1S/C24H28N2O2/c1-17-18(2)26-23-6-4-3-5-22(23)24(17)25-15-19-7-9-20(10-8-19)16-28-21-11-13-27-14-12-21/h3-10,21H,11-16H2,1-2H3,(H,25,26). The fourth-order valence-electron chi connectivity index (χ4n) is 3.66. The molecule has 1 saturated heterocycles. The van der Waals surface area contributed by atoms with Crippen LogP contribution in [0.3, 0.4) is 0 Å². The van der Waals surface area contributed by atoms with E-state index in [1.165, 1.54) is 27.8 Å². The van der Waals surface area contributed by atoms with Crippen molar-refractivity contribution in [3.63, 3.8) is 0 Å². The number of pyridine rings is 1. The zero-order chi connectivity index (χ0) is 19.3. The van der Waals surface area contributed by atoms with Crippen molar-refractivity contribution in [2.45, 2.75) is 45.9 Å². The summed E-state index contributed by atoms with van der Waals surface area (Å²) in [5.74, 6) is 0. The summed E-state index contributed by atoms with van der Waals surface area (Å²) in [5, 5.41) is 4.80. The highest BCUT2D eigenvalue weighted by Gasteiger charge is 2.14.